The van der Waals surface area contributed by atoms with Crippen LogP contribution in [0, 0.1) is 22.6 Å². The van der Waals surface area contributed by atoms with Gasteiger partial charge in [-0.05, 0) is 44.9 Å². The predicted octanol–water partition coefficient (Wildman–Crippen LogP) is 2.63. The Kier molecular flexibility index (Phi) is 5.07. The van der Waals surface area contributed by atoms with Crippen molar-refractivity contribution in [2.75, 3.05) is 5.75 Å². The molecule has 1 aromatic carbocycles. The lowest BCUT2D eigenvalue weighted by Gasteiger charge is -2.14. The number of carbonyl (C=O) groups is 1. The van der Waals surface area contributed by atoms with Crippen molar-refractivity contribution in [1.29, 1.82) is 5.26 Å². The third-order valence-corrected chi connectivity index (χ3v) is 4.84. The quantitative estimate of drug-likeness (QED) is 0.814. The fourth-order valence-corrected chi connectivity index (χ4v) is 3.07. The van der Waals surface area contributed by atoms with Gasteiger partial charge in [0.15, 0.2) is 9.84 Å². The van der Waals surface area contributed by atoms with Crippen LogP contribution >= 0.6 is 0 Å². The molecule has 0 aliphatic heterocycles. The average molecular weight is 313 g/mol. The third kappa shape index (κ3) is 4.53. The standard InChI is InChI=1S/C14H16FNO4S/c1-14(2,9-16)6-3-7-21(19,20)10-4-5-12(15)11(8-10)13(17)18/h4-5,8H,3,6-7H2,1-2H3,(H,17,18). The molecule has 0 unspecified atom stereocenters. The molecule has 0 radical (unpaired) electrons. The zero-order valence-electron chi connectivity index (χ0n) is 11.8. The largest absolute Gasteiger partial charge is 0.478 e. The van der Waals surface area contributed by atoms with Gasteiger partial charge in [0.2, 0.25) is 0 Å². The summed E-state index contributed by atoms with van der Waals surface area (Å²) in [4.78, 5) is 10.6. The van der Waals surface area contributed by atoms with E-state index in [0.717, 1.165) is 18.2 Å². The van der Waals surface area contributed by atoms with Crippen LogP contribution in [0.25, 0.3) is 0 Å². The smallest absolute Gasteiger partial charge is 0.338 e. The minimum Gasteiger partial charge on any atom is -0.478 e. The van der Waals surface area contributed by atoms with Crippen molar-refractivity contribution in [3.05, 3.63) is 29.6 Å². The van der Waals surface area contributed by atoms with E-state index in [2.05, 4.69) is 6.07 Å². The number of rotatable bonds is 6. The van der Waals surface area contributed by atoms with Crippen molar-refractivity contribution >= 4 is 15.8 Å². The topological polar surface area (TPSA) is 95.2 Å². The van der Waals surface area contributed by atoms with Gasteiger partial charge < -0.3 is 5.11 Å². The molecule has 1 aromatic rings. The summed E-state index contributed by atoms with van der Waals surface area (Å²) in [6.45, 7) is 3.42. The van der Waals surface area contributed by atoms with Crippen LogP contribution in [0.1, 0.15) is 37.0 Å². The van der Waals surface area contributed by atoms with Gasteiger partial charge in [0, 0.05) is 0 Å². The van der Waals surface area contributed by atoms with Gasteiger partial charge in [0.1, 0.15) is 5.82 Å². The lowest BCUT2D eigenvalue weighted by molar-refractivity contribution is 0.0691. The molecule has 0 aromatic heterocycles. The van der Waals surface area contributed by atoms with Crippen LogP contribution in [-0.4, -0.2) is 25.2 Å². The molecule has 0 aliphatic carbocycles. The molecule has 0 amide bonds. The summed E-state index contributed by atoms with van der Waals surface area (Å²) in [5.74, 6) is -2.72. The number of sulfone groups is 1. The van der Waals surface area contributed by atoms with Crippen LogP contribution in [0.2, 0.25) is 0 Å². The van der Waals surface area contributed by atoms with E-state index in [1.807, 2.05) is 0 Å². The molecule has 0 heterocycles. The van der Waals surface area contributed by atoms with E-state index in [1.54, 1.807) is 13.8 Å². The van der Waals surface area contributed by atoms with Crippen molar-refractivity contribution in [2.45, 2.75) is 31.6 Å². The molecule has 0 fully saturated rings. The zero-order valence-corrected chi connectivity index (χ0v) is 12.6. The zero-order chi connectivity index (χ0) is 16.3. The molecule has 0 bridgehead atoms. The highest BCUT2D eigenvalue weighted by Crippen LogP contribution is 2.23. The second kappa shape index (κ2) is 6.22. The Morgan fingerprint density at radius 2 is 2.05 bits per heavy atom. The summed E-state index contributed by atoms with van der Waals surface area (Å²) in [5.41, 5.74) is -1.29. The van der Waals surface area contributed by atoms with E-state index in [1.165, 1.54) is 0 Å². The molecule has 0 aliphatic rings. The van der Waals surface area contributed by atoms with Gasteiger partial charge in [-0.25, -0.2) is 17.6 Å². The number of benzene rings is 1. The Hall–Kier alpha value is -1.94. The minimum absolute atomic E-state index is 0.219. The van der Waals surface area contributed by atoms with Crippen LogP contribution in [-0.2, 0) is 9.84 Å². The fourth-order valence-electron chi connectivity index (χ4n) is 1.74. The van der Waals surface area contributed by atoms with Crippen LogP contribution in [0.4, 0.5) is 4.39 Å². The summed E-state index contributed by atoms with van der Waals surface area (Å²) in [6, 6.07) is 4.78. The summed E-state index contributed by atoms with van der Waals surface area (Å²) < 4.78 is 37.4. The molecule has 5 nitrogen and oxygen atoms in total. The van der Waals surface area contributed by atoms with Gasteiger partial charge in [-0.15, -0.1) is 0 Å². The molecule has 0 spiro atoms. The number of halogens is 1. The molecule has 7 heteroatoms. The summed E-state index contributed by atoms with van der Waals surface area (Å²) >= 11 is 0. The first-order chi connectivity index (χ1) is 9.59. The second-order valence-corrected chi connectivity index (χ2v) is 7.47. The van der Waals surface area contributed by atoms with E-state index in [9.17, 15) is 17.6 Å². The van der Waals surface area contributed by atoms with Gasteiger partial charge in [-0.2, -0.15) is 5.26 Å². The normalized spacial score (nSPS) is 11.9. The monoisotopic (exact) mass is 313 g/mol. The number of aromatic carboxylic acids is 1. The lowest BCUT2D eigenvalue weighted by atomic mass is 9.90. The lowest BCUT2D eigenvalue weighted by Crippen LogP contribution is -2.13. The molecular weight excluding hydrogens is 297 g/mol. The SMILES string of the molecule is CC(C)(C#N)CCCS(=O)(=O)c1ccc(F)c(C(=O)O)c1. The van der Waals surface area contributed by atoms with Crippen LogP contribution in [0.3, 0.4) is 0 Å². The Morgan fingerprint density at radius 1 is 1.43 bits per heavy atom. The van der Waals surface area contributed by atoms with Crippen molar-refractivity contribution < 1.29 is 22.7 Å². The first-order valence-electron chi connectivity index (χ1n) is 6.26. The highest BCUT2D eigenvalue weighted by atomic mass is 32.2. The molecule has 21 heavy (non-hydrogen) atoms. The highest BCUT2D eigenvalue weighted by Gasteiger charge is 2.22. The van der Waals surface area contributed by atoms with Crippen LogP contribution in [0.15, 0.2) is 23.1 Å². The van der Waals surface area contributed by atoms with Crippen molar-refractivity contribution in [1.82, 2.24) is 0 Å². The molecule has 114 valence electrons. The Labute approximate surface area is 122 Å². The fraction of sp³-hybridized carbons (Fsp3) is 0.429. The number of hydrogen-bond acceptors (Lipinski definition) is 4. The average Bonchev–Trinajstić information content (AvgIpc) is 2.38. The Balaban J connectivity index is 2.92. The first kappa shape index (κ1) is 17.1. The predicted molar refractivity (Wildman–Crippen MR) is 74.0 cm³/mol. The number of carboxylic acids is 1. The number of nitriles is 1. The summed E-state index contributed by atoms with van der Waals surface area (Å²) in [7, 11) is -3.70. The van der Waals surface area contributed by atoms with Gasteiger partial charge in [0.05, 0.1) is 27.7 Å². The van der Waals surface area contributed by atoms with E-state index in [-0.39, 0.29) is 17.1 Å². The van der Waals surface area contributed by atoms with Crippen LogP contribution in [0.5, 0.6) is 0 Å². The van der Waals surface area contributed by atoms with Crippen molar-refractivity contribution in [3.8, 4) is 6.07 Å². The molecule has 0 atom stereocenters. The summed E-state index contributed by atoms with van der Waals surface area (Å²) in [6.07, 6.45) is 0.665. The maximum atomic E-state index is 13.3. The van der Waals surface area contributed by atoms with Gasteiger partial charge in [-0.3, -0.25) is 0 Å². The highest BCUT2D eigenvalue weighted by molar-refractivity contribution is 7.91. The minimum atomic E-state index is -3.70. The van der Waals surface area contributed by atoms with Crippen molar-refractivity contribution in [3.63, 3.8) is 0 Å². The van der Waals surface area contributed by atoms with Gasteiger partial charge in [0.25, 0.3) is 0 Å². The van der Waals surface area contributed by atoms with E-state index in [4.69, 9.17) is 10.4 Å². The van der Waals surface area contributed by atoms with Gasteiger partial charge >= 0.3 is 5.97 Å². The Morgan fingerprint density at radius 3 is 2.57 bits per heavy atom. The maximum Gasteiger partial charge on any atom is 0.338 e. The third-order valence-electron chi connectivity index (χ3n) is 3.04. The maximum absolute atomic E-state index is 13.3. The Bertz CT molecular complexity index is 689. The molecule has 1 rings (SSSR count). The number of nitrogens with zero attached hydrogens (tertiary/aromatic N) is 1. The molecular formula is C14H16FNO4S. The van der Waals surface area contributed by atoms with Gasteiger partial charge in [-0.1, -0.05) is 0 Å². The van der Waals surface area contributed by atoms with Crippen molar-refractivity contribution in [2.24, 2.45) is 5.41 Å². The molecule has 1 N–H and O–H groups in total. The summed E-state index contributed by atoms with van der Waals surface area (Å²) in [5, 5.41) is 17.7. The molecule has 0 saturated carbocycles. The number of carboxylic acid groups (broad SMARTS) is 1. The van der Waals surface area contributed by atoms with Crippen LogP contribution < -0.4 is 0 Å². The second-order valence-electron chi connectivity index (χ2n) is 5.36. The van der Waals surface area contributed by atoms with E-state index >= 15 is 0 Å². The molecule has 0 saturated heterocycles. The van der Waals surface area contributed by atoms with E-state index in [0.29, 0.717) is 6.42 Å². The number of hydrogen-bond donors (Lipinski definition) is 1. The first-order valence-corrected chi connectivity index (χ1v) is 7.91. The van der Waals surface area contributed by atoms with E-state index < -0.39 is 32.6 Å².